The number of rotatable bonds is 4. The summed E-state index contributed by atoms with van der Waals surface area (Å²) in [4.78, 5) is 25.8. The minimum atomic E-state index is -0.497. The number of nitrogens with zero attached hydrogens (tertiary/aromatic N) is 1. The van der Waals surface area contributed by atoms with E-state index in [2.05, 4.69) is 5.32 Å². The van der Waals surface area contributed by atoms with Crippen LogP contribution in [-0.2, 0) is 9.53 Å². The lowest BCUT2D eigenvalue weighted by Crippen LogP contribution is -2.51. The summed E-state index contributed by atoms with van der Waals surface area (Å²) in [7, 11) is 0. The van der Waals surface area contributed by atoms with E-state index in [9.17, 15) is 9.59 Å². The Kier molecular flexibility index (Phi) is 6.66. The van der Waals surface area contributed by atoms with Crippen molar-refractivity contribution in [2.45, 2.75) is 59.1 Å². The number of carbonyl (C=O) groups excluding carboxylic acids is 2. The fraction of sp³-hybridized carbons (Fsp3) is 0.875. The highest BCUT2D eigenvalue weighted by molar-refractivity contribution is 5.82. The van der Waals surface area contributed by atoms with Gasteiger partial charge in [0, 0.05) is 19.6 Å². The van der Waals surface area contributed by atoms with E-state index in [1.54, 1.807) is 0 Å². The zero-order chi connectivity index (χ0) is 16.9. The van der Waals surface area contributed by atoms with Gasteiger partial charge in [0.25, 0.3) is 0 Å². The largest absolute Gasteiger partial charge is 0.444 e. The molecule has 128 valence electrons. The van der Waals surface area contributed by atoms with E-state index < -0.39 is 17.7 Å². The van der Waals surface area contributed by atoms with Crippen molar-refractivity contribution < 1.29 is 14.3 Å². The number of alkyl carbamates (subject to hydrolysis) is 1. The zero-order valence-corrected chi connectivity index (χ0v) is 14.5. The molecule has 22 heavy (non-hydrogen) atoms. The van der Waals surface area contributed by atoms with E-state index in [1.165, 1.54) is 0 Å². The van der Waals surface area contributed by atoms with Crippen LogP contribution < -0.4 is 11.1 Å². The Hall–Kier alpha value is -1.30. The maximum atomic E-state index is 12.3. The minimum Gasteiger partial charge on any atom is -0.444 e. The van der Waals surface area contributed by atoms with Gasteiger partial charge in [-0.3, -0.25) is 4.79 Å². The number of piperidine rings is 1. The highest BCUT2D eigenvalue weighted by Gasteiger charge is 2.28. The van der Waals surface area contributed by atoms with E-state index in [1.807, 2.05) is 39.5 Å². The summed E-state index contributed by atoms with van der Waals surface area (Å²) in [5.74, 6) is 0.398. The second kappa shape index (κ2) is 7.81. The smallest absolute Gasteiger partial charge is 0.407 e. The lowest BCUT2D eigenvalue weighted by molar-refractivity contribution is -0.135. The van der Waals surface area contributed by atoms with Gasteiger partial charge in [0.1, 0.15) is 5.60 Å². The summed E-state index contributed by atoms with van der Waals surface area (Å²) in [5.41, 5.74) is 5.45. The van der Waals surface area contributed by atoms with E-state index in [0.717, 1.165) is 19.4 Å². The third kappa shape index (κ3) is 6.22. The number of amides is 2. The van der Waals surface area contributed by atoms with Crippen LogP contribution in [0.3, 0.4) is 0 Å². The molecule has 1 saturated heterocycles. The van der Waals surface area contributed by atoms with E-state index >= 15 is 0 Å². The molecule has 0 aromatic heterocycles. The lowest BCUT2D eigenvalue weighted by atomic mass is 9.96. The van der Waals surface area contributed by atoms with Crippen LogP contribution in [0.25, 0.3) is 0 Å². The van der Waals surface area contributed by atoms with Crippen molar-refractivity contribution in [2.24, 2.45) is 17.6 Å². The molecule has 0 unspecified atom stereocenters. The first-order valence-corrected chi connectivity index (χ1v) is 8.11. The molecule has 2 amide bonds. The minimum absolute atomic E-state index is 0.0111. The Bertz CT molecular complexity index is 391. The third-order valence-electron chi connectivity index (χ3n) is 3.77. The molecule has 0 spiro atoms. The van der Waals surface area contributed by atoms with Gasteiger partial charge in [-0.05, 0) is 45.4 Å². The fourth-order valence-corrected chi connectivity index (χ4v) is 2.47. The van der Waals surface area contributed by atoms with Crippen LogP contribution in [0.15, 0.2) is 0 Å². The summed E-state index contributed by atoms with van der Waals surface area (Å²) in [6, 6.07) is -0.447. The van der Waals surface area contributed by atoms with Crippen LogP contribution in [-0.4, -0.2) is 48.2 Å². The molecule has 0 radical (unpaired) electrons. The predicted molar refractivity (Wildman–Crippen MR) is 86.4 cm³/mol. The summed E-state index contributed by atoms with van der Waals surface area (Å²) < 4.78 is 5.22. The number of carbonyl (C=O) groups is 2. The Balaban J connectivity index is 2.44. The second-order valence-electron chi connectivity index (χ2n) is 7.45. The van der Waals surface area contributed by atoms with Crippen molar-refractivity contribution in [3.8, 4) is 0 Å². The van der Waals surface area contributed by atoms with Gasteiger partial charge in [-0.1, -0.05) is 13.8 Å². The summed E-state index contributed by atoms with van der Waals surface area (Å²) in [6.45, 7) is 11.3. The number of hydrogen-bond acceptors (Lipinski definition) is 4. The number of likely N-dealkylation sites (tertiary alicyclic amines) is 1. The molecule has 3 N–H and O–H groups in total. The summed E-state index contributed by atoms with van der Waals surface area (Å²) >= 11 is 0. The molecule has 1 rings (SSSR count). The molecular formula is C16H31N3O3. The Morgan fingerprint density at radius 1 is 1.36 bits per heavy atom. The van der Waals surface area contributed by atoms with Crippen LogP contribution in [0.5, 0.6) is 0 Å². The molecular weight excluding hydrogens is 282 g/mol. The molecule has 2 atom stereocenters. The lowest BCUT2D eigenvalue weighted by Gasteiger charge is -2.35. The van der Waals surface area contributed by atoms with Gasteiger partial charge < -0.3 is 20.7 Å². The quantitative estimate of drug-likeness (QED) is 0.828. The average Bonchev–Trinajstić information content (AvgIpc) is 2.42. The van der Waals surface area contributed by atoms with Crippen molar-refractivity contribution in [2.75, 3.05) is 19.6 Å². The molecule has 1 fully saturated rings. The monoisotopic (exact) mass is 313 g/mol. The van der Waals surface area contributed by atoms with Gasteiger partial charge in [-0.2, -0.15) is 0 Å². The normalized spacial score (nSPS) is 20.7. The number of nitrogens with one attached hydrogen (secondary N) is 1. The number of ether oxygens (including phenoxy) is 1. The third-order valence-corrected chi connectivity index (χ3v) is 3.77. The molecule has 0 saturated carbocycles. The Morgan fingerprint density at radius 2 is 2.00 bits per heavy atom. The number of hydrogen-bond donors (Lipinski definition) is 2. The molecule has 0 aromatic carbocycles. The molecule has 6 nitrogen and oxygen atoms in total. The molecule has 0 aliphatic carbocycles. The van der Waals surface area contributed by atoms with Gasteiger partial charge in [0.15, 0.2) is 0 Å². The highest BCUT2D eigenvalue weighted by atomic mass is 16.6. The second-order valence-corrected chi connectivity index (χ2v) is 7.45. The molecule has 1 aliphatic rings. The van der Waals surface area contributed by atoms with Gasteiger partial charge in [0.05, 0.1) is 6.04 Å². The molecule has 1 heterocycles. The van der Waals surface area contributed by atoms with Crippen LogP contribution >= 0.6 is 0 Å². The molecule has 0 bridgehead atoms. The standard InChI is InChI=1S/C16H31N3O3/c1-11(2)13(17)14(20)19-8-6-7-12(10-19)9-18-15(21)22-16(3,4)5/h11-13H,6-10,17H2,1-5H3,(H,18,21)/t12-,13-/m0/s1. The first kappa shape index (κ1) is 18.7. The van der Waals surface area contributed by atoms with Crippen molar-refractivity contribution in [3.63, 3.8) is 0 Å². The Labute approximate surface area is 133 Å². The van der Waals surface area contributed by atoms with E-state index in [-0.39, 0.29) is 17.7 Å². The first-order chi connectivity index (χ1) is 10.1. The summed E-state index contributed by atoms with van der Waals surface area (Å²) in [5, 5.41) is 2.79. The van der Waals surface area contributed by atoms with Crippen molar-refractivity contribution in [1.29, 1.82) is 0 Å². The topological polar surface area (TPSA) is 84.7 Å². The molecule has 0 aromatic rings. The molecule has 6 heteroatoms. The van der Waals surface area contributed by atoms with Crippen molar-refractivity contribution in [1.82, 2.24) is 10.2 Å². The van der Waals surface area contributed by atoms with Crippen LogP contribution in [0.1, 0.15) is 47.5 Å². The van der Waals surface area contributed by atoms with Crippen molar-refractivity contribution >= 4 is 12.0 Å². The predicted octanol–water partition coefficient (Wildman–Crippen LogP) is 1.73. The zero-order valence-electron chi connectivity index (χ0n) is 14.5. The Morgan fingerprint density at radius 3 is 2.55 bits per heavy atom. The van der Waals surface area contributed by atoms with E-state index in [0.29, 0.717) is 13.1 Å². The first-order valence-electron chi connectivity index (χ1n) is 8.11. The van der Waals surface area contributed by atoms with Crippen LogP contribution in [0, 0.1) is 11.8 Å². The maximum Gasteiger partial charge on any atom is 0.407 e. The molecule has 1 aliphatic heterocycles. The number of nitrogens with two attached hydrogens (primary N) is 1. The highest BCUT2D eigenvalue weighted by Crippen LogP contribution is 2.18. The van der Waals surface area contributed by atoms with Gasteiger partial charge in [-0.15, -0.1) is 0 Å². The fourth-order valence-electron chi connectivity index (χ4n) is 2.47. The van der Waals surface area contributed by atoms with E-state index in [4.69, 9.17) is 10.5 Å². The summed E-state index contributed by atoms with van der Waals surface area (Å²) in [6.07, 6.45) is 1.53. The average molecular weight is 313 g/mol. The maximum absolute atomic E-state index is 12.3. The van der Waals surface area contributed by atoms with Gasteiger partial charge in [-0.25, -0.2) is 4.79 Å². The van der Waals surface area contributed by atoms with Gasteiger partial charge in [0.2, 0.25) is 5.91 Å². The van der Waals surface area contributed by atoms with Crippen LogP contribution in [0.2, 0.25) is 0 Å². The van der Waals surface area contributed by atoms with Gasteiger partial charge >= 0.3 is 6.09 Å². The van der Waals surface area contributed by atoms with Crippen molar-refractivity contribution in [3.05, 3.63) is 0 Å². The van der Waals surface area contributed by atoms with Crippen LogP contribution in [0.4, 0.5) is 4.79 Å². The SMILES string of the molecule is CC(C)[C@H](N)C(=O)N1CCC[C@@H](CNC(=O)OC(C)(C)C)C1.